The third-order valence-electron chi connectivity index (χ3n) is 5.43. The number of carbonyl (C=O) groups excluding carboxylic acids is 1. The first-order valence-corrected chi connectivity index (χ1v) is 10.9. The Morgan fingerprint density at radius 1 is 0.971 bits per heavy atom. The van der Waals surface area contributed by atoms with Crippen molar-refractivity contribution < 1.29 is 22.7 Å². The van der Waals surface area contributed by atoms with Gasteiger partial charge in [0, 0.05) is 12.7 Å². The number of halogens is 3. The Hall–Kier alpha value is -3.81. The molecular formula is C26H24F3N3O2. The summed E-state index contributed by atoms with van der Waals surface area (Å²) in [4.78, 5) is 17.5. The van der Waals surface area contributed by atoms with Crippen molar-refractivity contribution in [3.05, 3.63) is 101 Å². The lowest BCUT2D eigenvalue weighted by atomic mass is 10.0. The molecule has 5 nitrogen and oxygen atoms in total. The third kappa shape index (κ3) is 5.57. The number of amides is 1. The number of rotatable bonds is 7. The maximum Gasteiger partial charge on any atom is 0.573 e. The van der Waals surface area contributed by atoms with E-state index in [1.54, 1.807) is 12.1 Å². The lowest BCUT2D eigenvalue weighted by Crippen LogP contribution is -2.25. The van der Waals surface area contributed by atoms with Crippen molar-refractivity contribution in [2.45, 2.75) is 39.6 Å². The van der Waals surface area contributed by atoms with Crippen LogP contribution in [-0.4, -0.2) is 21.7 Å². The largest absolute Gasteiger partial charge is 0.573 e. The molecule has 34 heavy (non-hydrogen) atoms. The number of hydrogen-bond acceptors (Lipinski definition) is 3. The Morgan fingerprint density at radius 2 is 1.59 bits per heavy atom. The lowest BCUT2D eigenvalue weighted by Gasteiger charge is -2.10. The zero-order chi connectivity index (χ0) is 24.3. The Labute approximate surface area is 195 Å². The van der Waals surface area contributed by atoms with E-state index < -0.39 is 6.36 Å². The molecule has 0 radical (unpaired) electrons. The van der Waals surface area contributed by atoms with E-state index in [1.807, 2.05) is 60.8 Å². The van der Waals surface area contributed by atoms with Crippen LogP contribution in [0.15, 0.2) is 66.9 Å². The maximum atomic E-state index is 13.0. The van der Waals surface area contributed by atoms with Crippen LogP contribution in [0, 0.1) is 6.92 Å². The van der Waals surface area contributed by atoms with Crippen molar-refractivity contribution in [3.8, 4) is 5.75 Å². The number of imidazole rings is 1. The fraction of sp³-hybridized carbons (Fsp3) is 0.231. The summed E-state index contributed by atoms with van der Waals surface area (Å²) in [7, 11) is 0. The number of pyridine rings is 1. The van der Waals surface area contributed by atoms with E-state index in [0.29, 0.717) is 25.1 Å². The minimum Gasteiger partial charge on any atom is -0.406 e. The predicted octanol–water partition coefficient (Wildman–Crippen LogP) is 5.62. The average Bonchev–Trinajstić information content (AvgIpc) is 3.16. The van der Waals surface area contributed by atoms with Crippen molar-refractivity contribution in [2.24, 2.45) is 0 Å². The van der Waals surface area contributed by atoms with Gasteiger partial charge in [-0.2, -0.15) is 0 Å². The zero-order valence-electron chi connectivity index (χ0n) is 18.8. The predicted molar refractivity (Wildman–Crippen MR) is 123 cm³/mol. The van der Waals surface area contributed by atoms with Crippen LogP contribution >= 0.6 is 0 Å². The van der Waals surface area contributed by atoms with E-state index >= 15 is 0 Å². The van der Waals surface area contributed by atoms with Crippen LogP contribution in [0.5, 0.6) is 5.75 Å². The maximum absolute atomic E-state index is 13.0. The zero-order valence-corrected chi connectivity index (χ0v) is 18.8. The molecule has 1 N–H and O–H groups in total. The van der Waals surface area contributed by atoms with E-state index in [9.17, 15) is 18.0 Å². The molecular weight excluding hydrogens is 443 g/mol. The van der Waals surface area contributed by atoms with Crippen LogP contribution in [0.3, 0.4) is 0 Å². The van der Waals surface area contributed by atoms with Gasteiger partial charge in [0.1, 0.15) is 17.1 Å². The van der Waals surface area contributed by atoms with Crippen LogP contribution < -0.4 is 10.1 Å². The highest BCUT2D eigenvalue weighted by molar-refractivity contribution is 5.94. The van der Waals surface area contributed by atoms with Gasteiger partial charge in [0.25, 0.3) is 5.91 Å². The van der Waals surface area contributed by atoms with Crippen LogP contribution in [0.25, 0.3) is 5.65 Å². The molecule has 0 saturated carbocycles. The van der Waals surface area contributed by atoms with Crippen molar-refractivity contribution in [3.63, 3.8) is 0 Å². The standard InChI is InChI=1S/C26H24F3N3O2/c1-3-22-24(32-16-17(2)4-13-23(32)31-22)25(33)30-15-20-7-5-18(6-8-20)14-19-9-11-21(12-10-19)34-26(27,28)29/h4-13,16H,3,14-15H2,1-2H3,(H,30,33). The minimum atomic E-state index is -4.70. The van der Waals surface area contributed by atoms with E-state index in [1.165, 1.54) is 12.1 Å². The summed E-state index contributed by atoms with van der Waals surface area (Å²) in [6.45, 7) is 4.31. The van der Waals surface area contributed by atoms with Crippen LogP contribution in [0.1, 0.15) is 45.4 Å². The van der Waals surface area contributed by atoms with Crippen molar-refractivity contribution in [1.29, 1.82) is 0 Å². The van der Waals surface area contributed by atoms with Gasteiger partial charge in [0.05, 0.1) is 5.69 Å². The van der Waals surface area contributed by atoms with Crippen LogP contribution in [0.4, 0.5) is 13.2 Å². The number of aromatic nitrogens is 2. The number of benzene rings is 2. The normalized spacial score (nSPS) is 11.6. The number of hydrogen-bond donors (Lipinski definition) is 1. The summed E-state index contributed by atoms with van der Waals surface area (Å²) < 4.78 is 42.6. The number of alkyl halides is 3. The second-order valence-corrected chi connectivity index (χ2v) is 8.06. The molecule has 176 valence electrons. The van der Waals surface area contributed by atoms with Gasteiger partial charge in [-0.1, -0.05) is 49.4 Å². The molecule has 0 unspecified atom stereocenters. The Morgan fingerprint density at radius 3 is 2.21 bits per heavy atom. The summed E-state index contributed by atoms with van der Waals surface area (Å²) in [5.74, 6) is -0.421. The smallest absolute Gasteiger partial charge is 0.406 e. The fourth-order valence-electron chi connectivity index (χ4n) is 3.77. The average molecular weight is 467 g/mol. The van der Waals surface area contributed by atoms with E-state index in [0.717, 1.165) is 33.6 Å². The topological polar surface area (TPSA) is 55.6 Å². The number of fused-ring (bicyclic) bond motifs is 1. The van der Waals surface area contributed by atoms with Crippen LogP contribution in [0.2, 0.25) is 0 Å². The fourth-order valence-corrected chi connectivity index (χ4v) is 3.77. The van der Waals surface area contributed by atoms with E-state index in [-0.39, 0.29) is 11.7 Å². The summed E-state index contributed by atoms with van der Waals surface area (Å²) in [6.07, 6.45) is -1.57. The Kier molecular flexibility index (Phi) is 6.58. The number of nitrogens with zero attached hydrogens (tertiary/aromatic N) is 2. The number of carbonyl (C=O) groups is 1. The monoisotopic (exact) mass is 467 g/mol. The van der Waals surface area contributed by atoms with Crippen molar-refractivity contribution in [2.75, 3.05) is 0 Å². The van der Waals surface area contributed by atoms with Gasteiger partial charge in [0.2, 0.25) is 0 Å². The summed E-state index contributed by atoms with van der Waals surface area (Å²) in [5, 5.41) is 2.98. The molecule has 2 heterocycles. The molecule has 0 bridgehead atoms. The highest BCUT2D eigenvalue weighted by Gasteiger charge is 2.30. The number of nitrogens with one attached hydrogen (secondary N) is 1. The summed E-state index contributed by atoms with van der Waals surface area (Å²) in [6, 6.07) is 17.4. The molecule has 2 aromatic carbocycles. The van der Waals surface area contributed by atoms with Crippen molar-refractivity contribution >= 4 is 11.6 Å². The molecule has 0 spiro atoms. The van der Waals surface area contributed by atoms with E-state index in [4.69, 9.17) is 0 Å². The molecule has 2 aromatic heterocycles. The van der Waals surface area contributed by atoms with Crippen LogP contribution in [-0.2, 0) is 19.4 Å². The molecule has 0 atom stereocenters. The minimum absolute atomic E-state index is 0.180. The van der Waals surface area contributed by atoms with Gasteiger partial charge < -0.3 is 10.1 Å². The second-order valence-electron chi connectivity index (χ2n) is 8.06. The highest BCUT2D eigenvalue weighted by atomic mass is 19.4. The highest BCUT2D eigenvalue weighted by Crippen LogP contribution is 2.23. The van der Waals surface area contributed by atoms with Crippen molar-refractivity contribution in [1.82, 2.24) is 14.7 Å². The van der Waals surface area contributed by atoms with Gasteiger partial charge in [-0.3, -0.25) is 9.20 Å². The molecule has 0 fully saturated rings. The Bertz CT molecular complexity index is 1290. The summed E-state index contributed by atoms with van der Waals surface area (Å²) >= 11 is 0. The molecule has 4 aromatic rings. The van der Waals surface area contributed by atoms with Gasteiger partial charge in [-0.25, -0.2) is 4.98 Å². The van der Waals surface area contributed by atoms with Gasteiger partial charge in [-0.15, -0.1) is 13.2 Å². The first-order valence-electron chi connectivity index (χ1n) is 10.9. The molecule has 0 aliphatic heterocycles. The lowest BCUT2D eigenvalue weighted by molar-refractivity contribution is -0.274. The Balaban J connectivity index is 1.38. The molecule has 0 aliphatic carbocycles. The van der Waals surface area contributed by atoms with Gasteiger partial charge >= 0.3 is 6.36 Å². The molecule has 0 saturated heterocycles. The third-order valence-corrected chi connectivity index (χ3v) is 5.43. The van der Waals surface area contributed by atoms with E-state index in [2.05, 4.69) is 15.0 Å². The number of ether oxygens (including phenoxy) is 1. The quantitative estimate of drug-likeness (QED) is 0.384. The number of aryl methyl sites for hydroxylation is 2. The molecule has 4 rings (SSSR count). The first kappa shape index (κ1) is 23.4. The summed E-state index contributed by atoms with van der Waals surface area (Å²) in [5.41, 5.74) is 5.90. The second kappa shape index (κ2) is 9.59. The molecule has 1 amide bonds. The first-order chi connectivity index (χ1) is 16.2. The molecule has 8 heteroatoms. The van der Waals surface area contributed by atoms with Gasteiger partial charge in [-0.05, 0) is 60.2 Å². The SMILES string of the molecule is CCc1nc2ccc(C)cn2c1C(=O)NCc1ccc(Cc2ccc(OC(F)(F)F)cc2)cc1. The molecule has 0 aliphatic rings. The van der Waals surface area contributed by atoms with Gasteiger partial charge in [0.15, 0.2) is 0 Å².